The molecule has 15 heavy (non-hydrogen) atoms. The lowest BCUT2D eigenvalue weighted by Gasteiger charge is -2.18. The molecular weight excluding hydrogens is 210 g/mol. The second-order valence-electron chi connectivity index (χ2n) is 3.59. The van der Waals surface area contributed by atoms with Crippen molar-refractivity contribution in [2.24, 2.45) is 5.73 Å². The highest BCUT2D eigenvalue weighted by Gasteiger charge is 2.17. The number of anilines is 1. The molecule has 0 bridgehead atoms. The van der Waals surface area contributed by atoms with E-state index in [0.29, 0.717) is 13.0 Å². The maximum atomic E-state index is 11.8. The maximum absolute atomic E-state index is 11.8. The van der Waals surface area contributed by atoms with Gasteiger partial charge < -0.3 is 5.73 Å². The summed E-state index contributed by atoms with van der Waals surface area (Å²) in [5, 5.41) is 2.71. The van der Waals surface area contributed by atoms with Crippen molar-refractivity contribution in [3.63, 3.8) is 0 Å². The average molecular weight is 227 g/mol. The number of nitrogens with two attached hydrogens (primary N) is 1. The van der Waals surface area contributed by atoms with Crippen LogP contribution in [0.15, 0.2) is 5.38 Å². The summed E-state index contributed by atoms with van der Waals surface area (Å²) in [5.41, 5.74) is 6.55. The van der Waals surface area contributed by atoms with Gasteiger partial charge in [0.05, 0.1) is 5.69 Å². The number of rotatable bonds is 4. The molecule has 0 aromatic carbocycles. The van der Waals surface area contributed by atoms with Crippen LogP contribution in [-0.4, -0.2) is 23.5 Å². The van der Waals surface area contributed by atoms with Gasteiger partial charge >= 0.3 is 0 Å². The van der Waals surface area contributed by atoms with Gasteiger partial charge in [0.1, 0.15) is 0 Å². The summed E-state index contributed by atoms with van der Waals surface area (Å²) < 4.78 is 0. The summed E-state index contributed by atoms with van der Waals surface area (Å²) in [6.45, 7) is 6.33. The normalized spacial score (nSPS) is 12.5. The predicted molar refractivity (Wildman–Crippen MR) is 63.1 cm³/mol. The average Bonchev–Trinajstić information content (AvgIpc) is 2.51. The zero-order valence-electron chi connectivity index (χ0n) is 9.36. The van der Waals surface area contributed by atoms with Crippen LogP contribution in [0.3, 0.4) is 0 Å². The van der Waals surface area contributed by atoms with Crippen LogP contribution in [0, 0.1) is 6.92 Å². The number of aromatic nitrogens is 1. The molecule has 0 fully saturated rings. The molecule has 2 N–H and O–H groups in total. The van der Waals surface area contributed by atoms with E-state index in [0.717, 1.165) is 10.8 Å². The Kier molecular flexibility index (Phi) is 4.23. The van der Waals surface area contributed by atoms with Crippen molar-refractivity contribution in [1.82, 2.24) is 4.98 Å². The van der Waals surface area contributed by atoms with Gasteiger partial charge in [0.15, 0.2) is 5.13 Å². The second-order valence-corrected chi connectivity index (χ2v) is 4.43. The highest BCUT2D eigenvalue weighted by atomic mass is 32.1. The second kappa shape index (κ2) is 5.23. The fourth-order valence-corrected chi connectivity index (χ4v) is 2.15. The molecule has 0 aliphatic heterocycles. The Labute approximate surface area is 94.1 Å². The quantitative estimate of drug-likeness (QED) is 0.848. The van der Waals surface area contributed by atoms with Crippen LogP contribution in [-0.2, 0) is 4.79 Å². The van der Waals surface area contributed by atoms with Crippen molar-refractivity contribution in [2.75, 3.05) is 11.4 Å². The van der Waals surface area contributed by atoms with Crippen molar-refractivity contribution >= 4 is 22.4 Å². The molecule has 1 rings (SSSR count). The molecule has 1 unspecified atom stereocenters. The van der Waals surface area contributed by atoms with Crippen molar-refractivity contribution in [3.8, 4) is 0 Å². The Morgan fingerprint density at radius 3 is 2.80 bits per heavy atom. The van der Waals surface area contributed by atoms with Gasteiger partial charge in [-0.1, -0.05) is 0 Å². The van der Waals surface area contributed by atoms with Crippen LogP contribution in [0.5, 0.6) is 0 Å². The molecule has 84 valence electrons. The molecule has 1 amide bonds. The first kappa shape index (κ1) is 12.1. The summed E-state index contributed by atoms with van der Waals surface area (Å²) in [6, 6.07) is -0.104. The van der Waals surface area contributed by atoms with Gasteiger partial charge in [0, 0.05) is 24.4 Å². The molecule has 0 spiro atoms. The summed E-state index contributed by atoms with van der Waals surface area (Å²) in [4.78, 5) is 17.8. The largest absolute Gasteiger partial charge is 0.327 e. The van der Waals surface area contributed by atoms with E-state index in [1.165, 1.54) is 11.3 Å². The number of amides is 1. The number of carbonyl (C=O) groups is 1. The third-order valence-corrected chi connectivity index (χ3v) is 2.93. The number of hydrogen-bond donors (Lipinski definition) is 1. The number of hydrogen-bond acceptors (Lipinski definition) is 4. The minimum Gasteiger partial charge on any atom is -0.327 e. The lowest BCUT2D eigenvalue weighted by Crippen LogP contribution is -2.34. The molecule has 0 saturated heterocycles. The van der Waals surface area contributed by atoms with E-state index < -0.39 is 0 Å². The Hall–Kier alpha value is -0.940. The van der Waals surface area contributed by atoms with Crippen LogP contribution < -0.4 is 10.6 Å². The van der Waals surface area contributed by atoms with E-state index in [1.54, 1.807) is 4.90 Å². The maximum Gasteiger partial charge on any atom is 0.230 e. The number of aryl methyl sites for hydroxylation is 1. The van der Waals surface area contributed by atoms with E-state index in [2.05, 4.69) is 4.98 Å². The van der Waals surface area contributed by atoms with Crippen molar-refractivity contribution in [3.05, 3.63) is 11.1 Å². The lowest BCUT2D eigenvalue weighted by molar-refractivity contribution is -0.118. The Balaban J connectivity index is 2.75. The zero-order valence-corrected chi connectivity index (χ0v) is 10.2. The smallest absolute Gasteiger partial charge is 0.230 e. The third-order valence-electron chi connectivity index (χ3n) is 1.95. The van der Waals surface area contributed by atoms with Crippen molar-refractivity contribution in [2.45, 2.75) is 33.2 Å². The lowest BCUT2D eigenvalue weighted by atomic mass is 10.2. The highest BCUT2D eigenvalue weighted by molar-refractivity contribution is 7.14. The zero-order chi connectivity index (χ0) is 11.4. The molecule has 0 aliphatic carbocycles. The van der Waals surface area contributed by atoms with Gasteiger partial charge in [-0.2, -0.15) is 0 Å². The predicted octanol–water partition coefficient (Wildman–Crippen LogP) is 1.54. The standard InChI is InChI=1S/C10H17N3OS/c1-4-13(9(14)5-7(2)11)10-12-8(3)6-15-10/h6-7H,4-5,11H2,1-3H3. The summed E-state index contributed by atoms with van der Waals surface area (Å²) in [5.74, 6) is 0.0434. The monoisotopic (exact) mass is 227 g/mol. The molecule has 0 aliphatic rings. The Bertz CT molecular complexity index is 335. The van der Waals surface area contributed by atoms with Gasteiger partial charge in [-0.3, -0.25) is 9.69 Å². The summed E-state index contributed by atoms with van der Waals surface area (Å²) in [7, 11) is 0. The Morgan fingerprint density at radius 1 is 1.73 bits per heavy atom. The Morgan fingerprint density at radius 2 is 2.40 bits per heavy atom. The third kappa shape index (κ3) is 3.28. The number of carbonyl (C=O) groups excluding carboxylic acids is 1. The minimum absolute atomic E-state index is 0.0434. The van der Waals surface area contributed by atoms with Gasteiger partial charge in [0.2, 0.25) is 5.91 Å². The minimum atomic E-state index is -0.104. The fourth-order valence-electron chi connectivity index (χ4n) is 1.27. The van der Waals surface area contributed by atoms with E-state index >= 15 is 0 Å². The van der Waals surface area contributed by atoms with Crippen LogP contribution >= 0.6 is 11.3 Å². The van der Waals surface area contributed by atoms with Crippen molar-refractivity contribution < 1.29 is 4.79 Å². The first-order chi connectivity index (χ1) is 7.04. The van der Waals surface area contributed by atoms with Gasteiger partial charge in [-0.15, -0.1) is 11.3 Å². The SMILES string of the molecule is CCN(C(=O)CC(C)N)c1nc(C)cs1. The number of thiazole rings is 1. The first-order valence-electron chi connectivity index (χ1n) is 5.02. The molecule has 0 saturated carbocycles. The molecule has 1 aromatic rings. The number of nitrogens with zero attached hydrogens (tertiary/aromatic N) is 2. The molecule has 4 nitrogen and oxygen atoms in total. The van der Waals surface area contributed by atoms with E-state index in [1.807, 2.05) is 26.2 Å². The van der Waals surface area contributed by atoms with Crippen LogP contribution in [0.25, 0.3) is 0 Å². The summed E-state index contributed by atoms with van der Waals surface area (Å²) >= 11 is 1.49. The van der Waals surface area contributed by atoms with Crippen LogP contribution in [0.2, 0.25) is 0 Å². The molecule has 0 radical (unpaired) electrons. The van der Waals surface area contributed by atoms with E-state index in [9.17, 15) is 4.79 Å². The van der Waals surface area contributed by atoms with Crippen LogP contribution in [0.4, 0.5) is 5.13 Å². The van der Waals surface area contributed by atoms with Gasteiger partial charge in [-0.25, -0.2) is 4.98 Å². The highest BCUT2D eigenvalue weighted by Crippen LogP contribution is 2.20. The van der Waals surface area contributed by atoms with Gasteiger partial charge in [-0.05, 0) is 20.8 Å². The summed E-state index contributed by atoms with van der Waals surface area (Å²) in [6.07, 6.45) is 0.368. The fraction of sp³-hybridized carbons (Fsp3) is 0.600. The molecule has 1 aromatic heterocycles. The van der Waals surface area contributed by atoms with Crippen LogP contribution in [0.1, 0.15) is 26.0 Å². The first-order valence-corrected chi connectivity index (χ1v) is 5.90. The molecular formula is C10H17N3OS. The molecule has 5 heteroatoms. The molecule has 1 atom stereocenters. The topological polar surface area (TPSA) is 59.2 Å². The van der Waals surface area contributed by atoms with Gasteiger partial charge in [0.25, 0.3) is 0 Å². The van der Waals surface area contributed by atoms with E-state index in [4.69, 9.17) is 5.73 Å². The van der Waals surface area contributed by atoms with E-state index in [-0.39, 0.29) is 11.9 Å². The van der Waals surface area contributed by atoms with Crippen molar-refractivity contribution in [1.29, 1.82) is 0 Å². The molecule has 1 heterocycles.